The number of hydrogen-bond donors (Lipinski definition) is 0. The zero-order chi connectivity index (χ0) is 13.9. The monoisotopic (exact) mass is 261 g/mol. The van der Waals surface area contributed by atoms with Crippen LogP contribution in [0.25, 0.3) is 11.0 Å². The van der Waals surface area contributed by atoms with Crippen molar-refractivity contribution in [3.05, 3.63) is 46.6 Å². The molecule has 0 aliphatic carbocycles. The number of nitrogens with zero attached hydrogens (tertiary/aromatic N) is 4. The first kappa shape index (κ1) is 13.0. The van der Waals surface area contributed by atoms with E-state index in [0.717, 1.165) is 13.3 Å². The van der Waals surface area contributed by atoms with E-state index >= 15 is 0 Å². The highest BCUT2D eigenvalue weighted by atomic mass is 16.9. The summed E-state index contributed by atoms with van der Waals surface area (Å²) < 4.78 is 4.03. The minimum atomic E-state index is -2.76. The van der Waals surface area contributed by atoms with Crippen molar-refractivity contribution in [1.82, 2.24) is 9.97 Å². The number of benzene rings is 1. The number of carbonyl (C=O) groups is 1. The zero-order valence-electron chi connectivity index (χ0n) is 9.89. The van der Waals surface area contributed by atoms with Crippen molar-refractivity contribution in [2.24, 2.45) is 5.10 Å². The van der Waals surface area contributed by atoms with Crippen molar-refractivity contribution in [2.45, 2.75) is 0 Å². The Morgan fingerprint density at radius 3 is 2.74 bits per heavy atom. The molecule has 0 radical (unpaired) electrons. The quantitative estimate of drug-likeness (QED) is 0.460. The summed E-state index contributed by atoms with van der Waals surface area (Å²) in [6.45, 7) is 0. The molecule has 0 unspecified atom stereocenters. The third kappa shape index (κ3) is 2.88. The van der Waals surface area contributed by atoms with Crippen LogP contribution < -0.4 is 0 Å². The standard InChI is InChI=1S/C11H9N4O4/c1-19-11(16)15(17,18)13-7-8-6-12-9-4-2-3-5-10(9)14-8/h2-7H,1H3/q-1. The molecule has 2 rings (SSSR count). The SMILES string of the molecule is COC(=O)[N+]([O-])([O-])N=Cc1cnc2ccccc2n1. The summed E-state index contributed by atoms with van der Waals surface area (Å²) in [4.78, 5) is 16.3. The van der Waals surface area contributed by atoms with Crippen LogP contribution in [0.3, 0.4) is 0 Å². The Morgan fingerprint density at radius 2 is 2.05 bits per heavy atom. The highest BCUT2D eigenvalue weighted by Gasteiger charge is 2.17. The van der Waals surface area contributed by atoms with E-state index in [1.54, 1.807) is 24.3 Å². The van der Waals surface area contributed by atoms with Gasteiger partial charge in [0, 0.05) is 0 Å². The molecule has 0 aliphatic heterocycles. The molecule has 0 N–H and O–H groups in total. The molecule has 8 heteroatoms. The van der Waals surface area contributed by atoms with E-state index in [1.807, 2.05) is 0 Å². The Kier molecular flexibility index (Phi) is 3.47. The Bertz CT molecular complexity index is 641. The summed E-state index contributed by atoms with van der Waals surface area (Å²) in [7, 11) is 0.927. The lowest BCUT2D eigenvalue weighted by molar-refractivity contribution is -0.759. The molecule has 0 bridgehead atoms. The predicted molar refractivity (Wildman–Crippen MR) is 66.5 cm³/mol. The first-order valence-electron chi connectivity index (χ1n) is 5.20. The zero-order valence-corrected chi connectivity index (χ0v) is 9.89. The molecule has 1 heterocycles. The average molecular weight is 261 g/mol. The van der Waals surface area contributed by atoms with Gasteiger partial charge in [0.25, 0.3) is 0 Å². The molecule has 19 heavy (non-hydrogen) atoms. The van der Waals surface area contributed by atoms with Crippen LogP contribution in [0.15, 0.2) is 35.6 Å². The van der Waals surface area contributed by atoms with Crippen LogP contribution in [-0.2, 0) is 4.74 Å². The van der Waals surface area contributed by atoms with E-state index in [0.29, 0.717) is 11.0 Å². The number of ether oxygens (including phenoxy) is 1. The third-order valence-corrected chi connectivity index (χ3v) is 2.21. The van der Waals surface area contributed by atoms with Crippen LogP contribution in [0.2, 0.25) is 0 Å². The second-order valence-corrected chi connectivity index (χ2v) is 3.52. The number of methoxy groups -OCH3 is 1. The summed E-state index contributed by atoms with van der Waals surface area (Å²) in [5, 5.41) is 25.3. The highest BCUT2D eigenvalue weighted by Crippen LogP contribution is 2.09. The number of aromatic nitrogens is 2. The molecular weight excluding hydrogens is 252 g/mol. The van der Waals surface area contributed by atoms with Crippen LogP contribution in [0, 0.1) is 10.4 Å². The van der Waals surface area contributed by atoms with Gasteiger partial charge in [-0.15, -0.1) is 0 Å². The highest BCUT2D eigenvalue weighted by molar-refractivity contribution is 5.82. The molecule has 0 atom stereocenters. The van der Waals surface area contributed by atoms with Crippen molar-refractivity contribution in [3.63, 3.8) is 0 Å². The smallest absolute Gasteiger partial charge is 0.543 e. The maximum atomic E-state index is 11.1. The van der Waals surface area contributed by atoms with Crippen molar-refractivity contribution in [1.29, 1.82) is 0 Å². The van der Waals surface area contributed by atoms with Gasteiger partial charge in [-0.2, -0.15) is 9.71 Å². The molecule has 98 valence electrons. The number of carbonyl (C=O) groups excluding carboxylic acids is 1. The van der Waals surface area contributed by atoms with Gasteiger partial charge in [0.2, 0.25) is 0 Å². The lowest BCUT2D eigenvalue weighted by Gasteiger charge is -2.33. The molecule has 8 nitrogen and oxygen atoms in total. The van der Waals surface area contributed by atoms with Crippen molar-refractivity contribution < 1.29 is 14.5 Å². The minimum Gasteiger partial charge on any atom is -0.593 e. The molecular formula is C11H9N4O4-. The average Bonchev–Trinajstić information content (AvgIpc) is 2.44. The van der Waals surface area contributed by atoms with Gasteiger partial charge in [0.1, 0.15) is 11.9 Å². The van der Waals surface area contributed by atoms with Gasteiger partial charge in [-0.25, -0.2) is 4.98 Å². The normalized spacial score (nSPS) is 11.9. The van der Waals surface area contributed by atoms with Crippen molar-refractivity contribution >= 4 is 23.3 Å². The van der Waals surface area contributed by atoms with Crippen LogP contribution in [0.4, 0.5) is 4.79 Å². The number of hydroxylamine groups is 2. The van der Waals surface area contributed by atoms with Crippen molar-refractivity contribution in [2.75, 3.05) is 7.11 Å². The molecule has 0 saturated carbocycles. The molecule has 0 aliphatic rings. The van der Waals surface area contributed by atoms with Gasteiger partial charge in [0.15, 0.2) is 0 Å². The summed E-state index contributed by atoms with van der Waals surface area (Å²) in [6.07, 6.45) is 0.657. The number of quaternary nitrogens is 1. The minimum absolute atomic E-state index is 0.191. The van der Waals surface area contributed by atoms with Gasteiger partial charge < -0.3 is 15.2 Å². The molecule has 1 aromatic heterocycles. The summed E-state index contributed by atoms with van der Waals surface area (Å²) in [5.41, 5.74) is 1.44. The van der Waals surface area contributed by atoms with E-state index in [2.05, 4.69) is 19.8 Å². The number of hydrogen-bond acceptors (Lipinski definition) is 7. The van der Waals surface area contributed by atoms with Crippen LogP contribution in [-0.4, -0.2) is 34.3 Å². The molecule has 0 spiro atoms. The molecule has 0 saturated heterocycles. The van der Waals surface area contributed by atoms with E-state index < -0.39 is 11.0 Å². The summed E-state index contributed by atoms with van der Waals surface area (Å²) in [6, 6.07) is 7.06. The van der Waals surface area contributed by atoms with Crippen LogP contribution in [0.5, 0.6) is 0 Å². The topological polar surface area (TPSA) is 111 Å². The maximum absolute atomic E-state index is 11.1. The summed E-state index contributed by atoms with van der Waals surface area (Å²) in [5.74, 6) is 0. The third-order valence-electron chi connectivity index (χ3n) is 2.21. The van der Waals surface area contributed by atoms with E-state index in [9.17, 15) is 15.2 Å². The first-order valence-corrected chi connectivity index (χ1v) is 5.20. The molecule has 1 amide bonds. The van der Waals surface area contributed by atoms with Gasteiger partial charge in [-0.1, -0.05) is 17.2 Å². The van der Waals surface area contributed by atoms with E-state index in [4.69, 9.17) is 0 Å². The first-order chi connectivity index (χ1) is 9.03. The van der Waals surface area contributed by atoms with Gasteiger partial charge in [0.05, 0.1) is 24.3 Å². The number of para-hydroxylation sites is 2. The predicted octanol–water partition coefficient (Wildman–Crippen LogP) is 1.54. The fourth-order valence-electron chi connectivity index (χ4n) is 1.33. The molecule has 1 aromatic carbocycles. The van der Waals surface area contributed by atoms with E-state index in [-0.39, 0.29) is 5.69 Å². The van der Waals surface area contributed by atoms with E-state index in [1.165, 1.54) is 6.20 Å². The molecule has 0 fully saturated rings. The second-order valence-electron chi connectivity index (χ2n) is 3.52. The van der Waals surface area contributed by atoms with Crippen LogP contribution in [0.1, 0.15) is 5.69 Å². The lowest BCUT2D eigenvalue weighted by Crippen LogP contribution is -2.36. The summed E-state index contributed by atoms with van der Waals surface area (Å²) >= 11 is 0. The second kappa shape index (κ2) is 5.06. The molecule has 2 aromatic rings. The Morgan fingerprint density at radius 1 is 1.37 bits per heavy atom. The Balaban J connectivity index is 2.28. The van der Waals surface area contributed by atoms with Crippen molar-refractivity contribution in [3.8, 4) is 0 Å². The number of amides is 1. The lowest BCUT2D eigenvalue weighted by atomic mass is 10.3. The fraction of sp³-hybridized carbons (Fsp3) is 0.0909. The Hall–Kier alpha value is -2.42. The number of fused-ring (bicyclic) bond motifs is 1. The fourth-order valence-corrected chi connectivity index (χ4v) is 1.33. The maximum Gasteiger partial charge on any atom is 0.543 e. The van der Waals surface area contributed by atoms with Gasteiger partial charge in [-0.3, -0.25) is 4.98 Å². The van der Waals surface area contributed by atoms with Crippen LogP contribution >= 0.6 is 0 Å². The van der Waals surface area contributed by atoms with Gasteiger partial charge >= 0.3 is 6.09 Å². The largest absolute Gasteiger partial charge is 0.593 e. The number of rotatable bonds is 2. The van der Waals surface area contributed by atoms with Gasteiger partial charge in [-0.05, 0) is 12.1 Å². The Labute approximate surface area is 107 Å².